The minimum atomic E-state index is -0.809. The van der Waals surface area contributed by atoms with Crippen LogP contribution in [0.5, 0.6) is 0 Å². The summed E-state index contributed by atoms with van der Waals surface area (Å²) in [7, 11) is 0. The van der Waals surface area contributed by atoms with E-state index in [9.17, 15) is 19.5 Å². The molecule has 1 atom stereocenters. The second-order valence-electron chi connectivity index (χ2n) is 7.19. The number of halogens is 1. The molecule has 0 radical (unpaired) electrons. The number of nitrogens with zero attached hydrogens (tertiary/aromatic N) is 1. The highest BCUT2D eigenvalue weighted by molar-refractivity contribution is 9.10. The molecule has 0 aliphatic carbocycles. The van der Waals surface area contributed by atoms with E-state index >= 15 is 0 Å². The van der Waals surface area contributed by atoms with E-state index < -0.39 is 17.7 Å². The zero-order valence-electron chi connectivity index (χ0n) is 16.6. The summed E-state index contributed by atoms with van der Waals surface area (Å²) < 4.78 is 0.849. The first kappa shape index (κ1) is 20.8. The molecule has 5 nitrogen and oxygen atoms in total. The van der Waals surface area contributed by atoms with Crippen molar-refractivity contribution < 1.29 is 19.5 Å². The van der Waals surface area contributed by atoms with Crippen LogP contribution in [-0.2, 0) is 9.59 Å². The van der Waals surface area contributed by atoms with Gasteiger partial charge >= 0.3 is 0 Å². The van der Waals surface area contributed by atoms with Crippen LogP contribution in [-0.4, -0.2) is 22.6 Å². The summed E-state index contributed by atoms with van der Waals surface area (Å²) in [5, 5.41) is 11.0. The van der Waals surface area contributed by atoms with Gasteiger partial charge in [0.15, 0.2) is 5.78 Å². The van der Waals surface area contributed by atoms with Crippen molar-refractivity contribution in [3.63, 3.8) is 0 Å². The van der Waals surface area contributed by atoms with Gasteiger partial charge in [0.2, 0.25) is 0 Å². The first-order valence-corrected chi connectivity index (χ1v) is 10.4. The van der Waals surface area contributed by atoms with E-state index in [4.69, 9.17) is 0 Å². The zero-order valence-corrected chi connectivity index (χ0v) is 18.2. The average molecular weight is 476 g/mol. The molecule has 0 saturated carbocycles. The second-order valence-corrected chi connectivity index (χ2v) is 8.11. The minimum absolute atomic E-state index is 0.0224. The number of hydrogen-bond donors (Lipinski definition) is 1. The molecule has 0 spiro atoms. The standard InChI is InChI=1S/C25H18BrNO4/c1-15(28)16-9-13-20(14-10-16)27-22(17-7-11-19(26)12-8-17)21(24(30)25(27)31)23(29)18-5-3-2-4-6-18/h2-14,22,29H,1H3/b23-21+. The van der Waals surface area contributed by atoms with Gasteiger partial charge in [0.1, 0.15) is 5.76 Å². The van der Waals surface area contributed by atoms with Crippen molar-refractivity contribution >= 4 is 44.9 Å². The molecule has 1 N–H and O–H groups in total. The smallest absolute Gasteiger partial charge is 0.300 e. The van der Waals surface area contributed by atoms with Gasteiger partial charge in [0.05, 0.1) is 11.6 Å². The fourth-order valence-corrected chi connectivity index (χ4v) is 3.93. The number of anilines is 1. The quantitative estimate of drug-likeness (QED) is 0.241. The third kappa shape index (κ3) is 3.82. The van der Waals surface area contributed by atoms with Crippen LogP contribution in [0.1, 0.15) is 34.5 Å². The maximum Gasteiger partial charge on any atom is 0.300 e. The molecule has 1 aliphatic heterocycles. The fraction of sp³-hybridized carbons (Fsp3) is 0.0800. The van der Waals surface area contributed by atoms with Gasteiger partial charge in [-0.3, -0.25) is 19.3 Å². The van der Waals surface area contributed by atoms with Crippen molar-refractivity contribution in [3.8, 4) is 0 Å². The van der Waals surface area contributed by atoms with E-state index in [0.717, 1.165) is 4.47 Å². The molecule has 154 valence electrons. The minimum Gasteiger partial charge on any atom is -0.507 e. The Morgan fingerprint density at radius 3 is 2.06 bits per heavy atom. The summed E-state index contributed by atoms with van der Waals surface area (Å²) in [4.78, 5) is 39.1. The Morgan fingerprint density at radius 1 is 0.871 bits per heavy atom. The van der Waals surface area contributed by atoms with Crippen LogP contribution >= 0.6 is 15.9 Å². The number of amides is 1. The lowest BCUT2D eigenvalue weighted by Gasteiger charge is -2.25. The molecule has 1 heterocycles. The molecule has 4 rings (SSSR count). The van der Waals surface area contributed by atoms with Gasteiger partial charge in [-0.2, -0.15) is 0 Å². The first-order chi connectivity index (χ1) is 14.9. The lowest BCUT2D eigenvalue weighted by molar-refractivity contribution is -0.132. The van der Waals surface area contributed by atoms with E-state index in [1.54, 1.807) is 66.7 Å². The summed E-state index contributed by atoms with van der Waals surface area (Å²) in [5.41, 5.74) is 2.12. The zero-order chi connectivity index (χ0) is 22.1. The second kappa shape index (κ2) is 8.32. The van der Waals surface area contributed by atoms with Crippen LogP contribution in [0.25, 0.3) is 5.76 Å². The van der Waals surface area contributed by atoms with Crippen LogP contribution in [0.2, 0.25) is 0 Å². The number of ketones is 2. The van der Waals surface area contributed by atoms with Crippen LogP contribution in [0, 0.1) is 0 Å². The summed E-state index contributed by atoms with van der Waals surface area (Å²) in [6.45, 7) is 1.46. The first-order valence-electron chi connectivity index (χ1n) is 9.61. The maximum atomic E-state index is 13.1. The van der Waals surface area contributed by atoms with Crippen molar-refractivity contribution in [2.75, 3.05) is 4.90 Å². The van der Waals surface area contributed by atoms with Gasteiger partial charge in [-0.1, -0.05) is 58.4 Å². The number of carbonyl (C=O) groups is 3. The molecular weight excluding hydrogens is 458 g/mol. The molecule has 31 heavy (non-hydrogen) atoms. The number of aliphatic hydroxyl groups is 1. The lowest BCUT2D eigenvalue weighted by Crippen LogP contribution is -2.29. The topological polar surface area (TPSA) is 74.7 Å². The molecule has 1 amide bonds. The largest absolute Gasteiger partial charge is 0.507 e. The Hall–Kier alpha value is -3.51. The fourth-order valence-electron chi connectivity index (χ4n) is 3.67. The highest BCUT2D eigenvalue weighted by Gasteiger charge is 2.46. The summed E-state index contributed by atoms with van der Waals surface area (Å²) in [5.74, 6) is -1.82. The molecule has 1 saturated heterocycles. The van der Waals surface area contributed by atoms with Crippen molar-refractivity contribution in [3.05, 3.63) is 106 Å². The molecular formula is C25H18BrNO4. The van der Waals surface area contributed by atoms with Crippen molar-refractivity contribution in [1.82, 2.24) is 0 Å². The Bertz CT molecular complexity index is 1200. The van der Waals surface area contributed by atoms with E-state index in [-0.39, 0.29) is 17.1 Å². The van der Waals surface area contributed by atoms with Gasteiger partial charge in [0.25, 0.3) is 11.7 Å². The number of hydrogen-bond acceptors (Lipinski definition) is 4. The van der Waals surface area contributed by atoms with Gasteiger partial charge in [-0.25, -0.2) is 0 Å². The lowest BCUT2D eigenvalue weighted by atomic mass is 9.95. The third-order valence-corrected chi connectivity index (χ3v) is 5.76. The Balaban J connectivity index is 1.91. The van der Waals surface area contributed by atoms with Crippen LogP contribution in [0.15, 0.2) is 88.9 Å². The molecule has 0 bridgehead atoms. The number of Topliss-reactive ketones (excluding diaryl/α,β-unsaturated/α-hetero) is 2. The molecule has 3 aromatic carbocycles. The third-order valence-electron chi connectivity index (χ3n) is 5.23. The maximum absolute atomic E-state index is 13.1. The molecule has 1 fully saturated rings. The Labute approximate surface area is 187 Å². The van der Waals surface area contributed by atoms with Crippen LogP contribution < -0.4 is 4.90 Å². The van der Waals surface area contributed by atoms with Crippen molar-refractivity contribution in [2.45, 2.75) is 13.0 Å². The van der Waals surface area contributed by atoms with Gasteiger partial charge in [0, 0.05) is 21.3 Å². The number of carbonyl (C=O) groups excluding carboxylic acids is 3. The van der Waals surface area contributed by atoms with E-state index in [2.05, 4.69) is 15.9 Å². The van der Waals surface area contributed by atoms with Gasteiger partial charge in [-0.15, -0.1) is 0 Å². The predicted molar refractivity (Wildman–Crippen MR) is 122 cm³/mol. The summed E-state index contributed by atoms with van der Waals surface area (Å²) in [6.07, 6.45) is 0. The highest BCUT2D eigenvalue weighted by atomic mass is 79.9. The number of aliphatic hydroxyl groups excluding tert-OH is 1. The monoisotopic (exact) mass is 475 g/mol. The molecule has 1 unspecified atom stereocenters. The summed E-state index contributed by atoms with van der Waals surface area (Å²) in [6, 6.07) is 21.6. The van der Waals surface area contributed by atoms with Crippen LogP contribution in [0.3, 0.4) is 0 Å². The van der Waals surface area contributed by atoms with Gasteiger partial charge in [-0.05, 0) is 48.9 Å². The van der Waals surface area contributed by atoms with Crippen molar-refractivity contribution in [1.29, 1.82) is 0 Å². The SMILES string of the molecule is CC(=O)c1ccc(N2C(=O)C(=O)/C(=C(/O)c3ccccc3)C2c2ccc(Br)cc2)cc1. The molecule has 6 heteroatoms. The predicted octanol–water partition coefficient (Wildman–Crippen LogP) is 5.28. The van der Waals surface area contributed by atoms with E-state index in [1.807, 2.05) is 12.1 Å². The van der Waals surface area contributed by atoms with Gasteiger partial charge < -0.3 is 5.11 Å². The van der Waals surface area contributed by atoms with Crippen molar-refractivity contribution in [2.24, 2.45) is 0 Å². The number of benzene rings is 3. The van der Waals surface area contributed by atoms with Crippen LogP contribution in [0.4, 0.5) is 5.69 Å². The Morgan fingerprint density at radius 2 is 1.48 bits per heavy atom. The summed E-state index contributed by atoms with van der Waals surface area (Å²) >= 11 is 3.40. The highest BCUT2D eigenvalue weighted by Crippen LogP contribution is 2.42. The normalized spacial score (nSPS) is 17.7. The molecule has 3 aromatic rings. The Kier molecular flexibility index (Phi) is 5.57. The molecule has 1 aliphatic rings. The van der Waals surface area contributed by atoms with E-state index in [0.29, 0.717) is 22.4 Å². The van der Waals surface area contributed by atoms with E-state index in [1.165, 1.54) is 11.8 Å². The average Bonchev–Trinajstić information content (AvgIpc) is 3.05. The molecule has 0 aromatic heterocycles. The number of rotatable bonds is 4.